The number of pyridine rings is 1. The topological polar surface area (TPSA) is 59.4 Å². The molecule has 0 radical (unpaired) electrons. The summed E-state index contributed by atoms with van der Waals surface area (Å²) in [6.07, 6.45) is 2.25. The smallest absolute Gasteiger partial charge is 0.358 e. The third-order valence-corrected chi connectivity index (χ3v) is 2.55. The van der Waals surface area contributed by atoms with Crippen LogP contribution in [-0.4, -0.2) is 16.1 Å². The van der Waals surface area contributed by atoms with Crippen LogP contribution in [0.2, 0.25) is 0 Å². The second kappa shape index (κ2) is 5.31. The van der Waals surface area contributed by atoms with Gasteiger partial charge in [0.2, 0.25) is 0 Å². The molecule has 2 rings (SSSR count). The van der Waals surface area contributed by atoms with E-state index in [9.17, 15) is 4.79 Å². The molecular formula is C14H13NO3. The van der Waals surface area contributed by atoms with Crippen LogP contribution in [0.3, 0.4) is 0 Å². The molecule has 1 N–H and O–H groups in total. The maximum atomic E-state index is 11.0. The Bertz CT molecular complexity index is 566. The normalized spacial score (nSPS) is 10.1. The standard InChI is InChI=1S/C14H13NO3/c1-2-10-6-3-4-7-11(10)18-12-8-5-9-15-13(12)14(16)17/h3-9H,2H2,1H3,(H,16,17). The second-order valence-electron chi connectivity index (χ2n) is 3.72. The molecule has 0 spiro atoms. The number of carboxylic acids is 1. The molecule has 0 saturated carbocycles. The van der Waals surface area contributed by atoms with Crippen LogP contribution < -0.4 is 4.74 Å². The number of carboxylic acid groups (broad SMARTS) is 1. The van der Waals surface area contributed by atoms with Gasteiger partial charge in [-0.05, 0) is 30.2 Å². The minimum Gasteiger partial charge on any atom is -0.476 e. The lowest BCUT2D eigenvalue weighted by molar-refractivity contribution is 0.0687. The van der Waals surface area contributed by atoms with Crippen molar-refractivity contribution in [2.24, 2.45) is 0 Å². The van der Waals surface area contributed by atoms with E-state index < -0.39 is 5.97 Å². The van der Waals surface area contributed by atoms with Gasteiger partial charge in [0.15, 0.2) is 11.4 Å². The Morgan fingerprint density at radius 1 is 1.22 bits per heavy atom. The second-order valence-corrected chi connectivity index (χ2v) is 3.72. The highest BCUT2D eigenvalue weighted by Crippen LogP contribution is 2.27. The van der Waals surface area contributed by atoms with Gasteiger partial charge < -0.3 is 9.84 Å². The van der Waals surface area contributed by atoms with E-state index in [4.69, 9.17) is 9.84 Å². The van der Waals surface area contributed by atoms with Gasteiger partial charge >= 0.3 is 5.97 Å². The van der Waals surface area contributed by atoms with Gasteiger partial charge in [0.05, 0.1) is 0 Å². The number of ether oxygens (including phenoxy) is 1. The third-order valence-electron chi connectivity index (χ3n) is 2.55. The Kier molecular flexibility index (Phi) is 3.57. The van der Waals surface area contributed by atoms with Crippen molar-refractivity contribution in [3.8, 4) is 11.5 Å². The van der Waals surface area contributed by atoms with Crippen molar-refractivity contribution in [2.75, 3.05) is 0 Å². The van der Waals surface area contributed by atoms with Gasteiger partial charge in [-0.1, -0.05) is 25.1 Å². The van der Waals surface area contributed by atoms with E-state index in [-0.39, 0.29) is 11.4 Å². The zero-order valence-electron chi connectivity index (χ0n) is 9.96. The van der Waals surface area contributed by atoms with Crippen LogP contribution in [-0.2, 0) is 6.42 Å². The van der Waals surface area contributed by atoms with Crippen molar-refractivity contribution < 1.29 is 14.6 Å². The molecular weight excluding hydrogens is 230 g/mol. The first-order valence-corrected chi connectivity index (χ1v) is 5.66. The number of hydrogen-bond donors (Lipinski definition) is 1. The first kappa shape index (κ1) is 12.1. The van der Waals surface area contributed by atoms with Crippen molar-refractivity contribution in [1.29, 1.82) is 0 Å². The molecule has 4 heteroatoms. The molecule has 1 heterocycles. The molecule has 0 saturated heterocycles. The minimum absolute atomic E-state index is 0.0802. The molecule has 18 heavy (non-hydrogen) atoms. The lowest BCUT2D eigenvalue weighted by atomic mass is 10.1. The van der Waals surface area contributed by atoms with Crippen LogP contribution >= 0.6 is 0 Å². The zero-order valence-corrected chi connectivity index (χ0v) is 9.96. The molecule has 0 atom stereocenters. The summed E-state index contributed by atoms with van der Waals surface area (Å²) in [5, 5.41) is 9.03. The van der Waals surface area contributed by atoms with Crippen LogP contribution in [0.5, 0.6) is 11.5 Å². The monoisotopic (exact) mass is 243 g/mol. The zero-order chi connectivity index (χ0) is 13.0. The number of carbonyl (C=O) groups is 1. The molecule has 1 aromatic carbocycles. The number of hydrogen-bond acceptors (Lipinski definition) is 3. The van der Waals surface area contributed by atoms with Crippen LogP contribution in [0.15, 0.2) is 42.6 Å². The summed E-state index contributed by atoms with van der Waals surface area (Å²) in [4.78, 5) is 14.8. The van der Waals surface area contributed by atoms with Crippen LogP contribution in [0, 0.1) is 0 Å². The van der Waals surface area contributed by atoms with Gasteiger partial charge in [0.1, 0.15) is 5.75 Å². The van der Waals surface area contributed by atoms with Crippen molar-refractivity contribution in [2.45, 2.75) is 13.3 Å². The molecule has 0 aliphatic heterocycles. The van der Waals surface area contributed by atoms with E-state index in [0.29, 0.717) is 5.75 Å². The predicted octanol–water partition coefficient (Wildman–Crippen LogP) is 3.13. The Morgan fingerprint density at radius 3 is 2.67 bits per heavy atom. The maximum absolute atomic E-state index is 11.0. The largest absolute Gasteiger partial charge is 0.476 e. The van der Waals surface area contributed by atoms with Gasteiger partial charge in [0, 0.05) is 6.20 Å². The highest BCUT2D eigenvalue weighted by Gasteiger charge is 2.13. The van der Waals surface area contributed by atoms with Crippen molar-refractivity contribution in [3.63, 3.8) is 0 Å². The summed E-state index contributed by atoms with van der Waals surface area (Å²) in [5.74, 6) is -0.180. The molecule has 0 aliphatic carbocycles. The summed E-state index contributed by atoms with van der Waals surface area (Å²) in [6.45, 7) is 2.02. The van der Waals surface area contributed by atoms with Crippen LogP contribution in [0.4, 0.5) is 0 Å². The molecule has 0 unspecified atom stereocenters. The van der Waals surface area contributed by atoms with Crippen molar-refractivity contribution >= 4 is 5.97 Å². The SMILES string of the molecule is CCc1ccccc1Oc1cccnc1C(=O)O. The molecule has 0 amide bonds. The summed E-state index contributed by atoms with van der Waals surface area (Å²) >= 11 is 0. The maximum Gasteiger partial charge on any atom is 0.358 e. The summed E-state index contributed by atoms with van der Waals surface area (Å²) < 4.78 is 5.65. The fourth-order valence-corrected chi connectivity index (χ4v) is 1.65. The lowest BCUT2D eigenvalue weighted by Gasteiger charge is -2.10. The van der Waals surface area contributed by atoms with E-state index in [2.05, 4.69) is 4.98 Å². The molecule has 2 aromatic rings. The number of benzene rings is 1. The number of aryl methyl sites for hydroxylation is 1. The molecule has 0 aliphatic rings. The van der Waals surface area contributed by atoms with Gasteiger partial charge in [-0.15, -0.1) is 0 Å². The van der Waals surface area contributed by atoms with E-state index in [1.807, 2.05) is 31.2 Å². The first-order valence-electron chi connectivity index (χ1n) is 5.66. The average molecular weight is 243 g/mol. The average Bonchev–Trinajstić information content (AvgIpc) is 2.40. The summed E-state index contributed by atoms with van der Waals surface area (Å²) in [6, 6.07) is 10.8. The number of aromatic carboxylic acids is 1. The van der Waals surface area contributed by atoms with Gasteiger partial charge in [-0.25, -0.2) is 9.78 Å². The van der Waals surface area contributed by atoms with Crippen LogP contribution in [0.1, 0.15) is 23.0 Å². The summed E-state index contributed by atoms with van der Waals surface area (Å²) in [5.41, 5.74) is 0.945. The Labute approximate surface area is 105 Å². The highest BCUT2D eigenvalue weighted by molar-refractivity contribution is 5.88. The Hall–Kier alpha value is -2.36. The fourth-order valence-electron chi connectivity index (χ4n) is 1.65. The molecule has 4 nitrogen and oxygen atoms in total. The number of rotatable bonds is 4. The fraction of sp³-hybridized carbons (Fsp3) is 0.143. The Morgan fingerprint density at radius 2 is 1.94 bits per heavy atom. The van der Waals surface area contributed by atoms with Gasteiger partial charge in [-0.3, -0.25) is 0 Å². The number of nitrogens with zero attached hydrogens (tertiary/aromatic N) is 1. The molecule has 0 fully saturated rings. The highest BCUT2D eigenvalue weighted by atomic mass is 16.5. The van der Waals surface area contributed by atoms with Gasteiger partial charge in [-0.2, -0.15) is 0 Å². The molecule has 92 valence electrons. The van der Waals surface area contributed by atoms with Crippen LogP contribution in [0.25, 0.3) is 0 Å². The Balaban J connectivity index is 2.37. The predicted molar refractivity (Wildman–Crippen MR) is 67.1 cm³/mol. The number of aromatic nitrogens is 1. The third kappa shape index (κ3) is 2.48. The quantitative estimate of drug-likeness (QED) is 0.896. The summed E-state index contributed by atoms with van der Waals surface area (Å²) in [7, 11) is 0. The molecule has 0 bridgehead atoms. The van der Waals surface area contributed by atoms with Crippen molar-refractivity contribution in [1.82, 2.24) is 4.98 Å². The number of para-hydroxylation sites is 1. The van der Waals surface area contributed by atoms with Gasteiger partial charge in [0.25, 0.3) is 0 Å². The van der Waals surface area contributed by atoms with E-state index in [1.54, 1.807) is 12.1 Å². The first-order chi connectivity index (χ1) is 8.72. The minimum atomic E-state index is -1.10. The molecule has 1 aromatic heterocycles. The lowest BCUT2D eigenvalue weighted by Crippen LogP contribution is -2.03. The van der Waals surface area contributed by atoms with E-state index in [1.165, 1.54) is 6.20 Å². The van der Waals surface area contributed by atoms with E-state index in [0.717, 1.165) is 12.0 Å². The van der Waals surface area contributed by atoms with Crippen molar-refractivity contribution in [3.05, 3.63) is 53.9 Å². The van der Waals surface area contributed by atoms with E-state index >= 15 is 0 Å².